The smallest absolute Gasteiger partial charge is 0.135 e. The molecule has 3 heteroatoms. The fourth-order valence-corrected chi connectivity index (χ4v) is 10.5. The van der Waals surface area contributed by atoms with Crippen LogP contribution in [0.5, 0.6) is 0 Å². The largest absolute Gasteiger partial charge is 0.456 e. The standard InChI is InChI=1S/C61H39NO2/c1-2-14-44(15-3-1)61(55-21-8-4-17-49(55)50-18-5-9-22-56(50)61)45-29-33-47(34-30-45)62(46-31-25-40(26-32-46)42-27-35-59-53(38-42)51-19-6-10-23-57(51)63-59)48-16-12-13-41(37-48)43-28-36-60-54(39-43)52-20-7-11-24-58(52)64-60/h1-39H. The molecule has 3 nitrogen and oxygen atoms in total. The number of anilines is 3. The van der Waals surface area contributed by atoms with Crippen LogP contribution in [0.25, 0.3) is 77.3 Å². The van der Waals surface area contributed by atoms with Crippen LogP contribution in [0.2, 0.25) is 0 Å². The monoisotopic (exact) mass is 817 g/mol. The second-order valence-electron chi connectivity index (χ2n) is 16.8. The molecule has 0 atom stereocenters. The minimum absolute atomic E-state index is 0.476. The maximum atomic E-state index is 6.21. The van der Waals surface area contributed by atoms with Gasteiger partial charge >= 0.3 is 0 Å². The van der Waals surface area contributed by atoms with E-state index in [0.29, 0.717) is 0 Å². The molecule has 2 heterocycles. The predicted octanol–water partition coefficient (Wildman–Crippen LogP) is 16.7. The van der Waals surface area contributed by atoms with Crippen LogP contribution in [0.3, 0.4) is 0 Å². The highest BCUT2D eigenvalue weighted by Crippen LogP contribution is 2.56. The van der Waals surface area contributed by atoms with Gasteiger partial charge in [0.1, 0.15) is 22.3 Å². The molecule has 12 aromatic rings. The molecule has 0 N–H and O–H groups in total. The molecule has 0 radical (unpaired) electrons. The molecule has 1 aliphatic carbocycles. The van der Waals surface area contributed by atoms with Crippen molar-refractivity contribution in [1.82, 2.24) is 0 Å². The Balaban J connectivity index is 0.953. The van der Waals surface area contributed by atoms with Crippen molar-refractivity contribution in [2.45, 2.75) is 5.41 Å². The molecule has 300 valence electrons. The Hall–Kier alpha value is -8.40. The molecule has 1 aliphatic rings. The third-order valence-corrected chi connectivity index (χ3v) is 13.4. The third kappa shape index (κ3) is 5.54. The van der Waals surface area contributed by atoms with E-state index in [9.17, 15) is 0 Å². The van der Waals surface area contributed by atoms with Crippen LogP contribution < -0.4 is 4.90 Å². The van der Waals surface area contributed by atoms with E-state index in [1.54, 1.807) is 0 Å². The van der Waals surface area contributed by atoms with Gasteiger partial charge in [-0.15, -0.1) is 0 Å². The number of furan rings is 2. The van der Waals surface area contributed by atoms with Gasteiger partial charge in [0.25, 0.3) is 0 Å². The lowest BCUT2D eigenvalue weighted by molar-refractivity contribution is 0.668. The first kappa shape index (κ1) is 36.3. The summed E-state index contributed by atoms with van der Waals surface area (Å²) < 4.78 is 12.4. The third-order valence-electron chi connectivity index (χ3n) is 13.4. The first-order valence-corrected chi connectivity index (χ1v) is 21.9. The van der Waals surface area contributed by atoms with Crippen molar-refractivity contribution in [2.24, 2.45) is 0 Å². The van der Waals surface area contributed by atoms with Gasteiger partial charge in [-0.3, -0.25) is 0 Å². The molecule has 0 saturated carbocycles. The number of hydrogen-bond donors (Lipinski definition) is 0. The van der Waals surface area contributed by atoms with Gasteiger partial charge < -0.3 is 13.7 Å². The van der Waals surface area contributed by atoms with Crippen LogP contribution >= 0.6 is 0 Å². The first-order chi connectivity index (χ1) is 31.7. The molecule has 0 saturated heterocycles. The summed E-state index contributed by atoms with van der Waals surface area (Å²) >= 11 is 0. The number of para-hydroxylation sites is 2. The van der Waals surface area contributed by atoms with Crippen molar-refractivity contribution in [1.29, 1.82) is 0 Å². The number of nitrogens with zero attached hydrogens (tertiary/aromatic N) is 1. The van der Waals surface area contributed by atoms with E-state index in [2.05, 4.69) is 217 Å². The van der Waals surface area contributed by atoms with E-state index in [1.165, 1.54) is 33.4 Å². The Bertz CT molecular complexity index is 3680. The summed E-state index contributed by atoms with van der Waals surface area (Å²) in [6, 6.07) is 85.5. The summed E-state index contributed by atoms with van der Waals surface area (Å²) in [6.45, 7) is 0. The Morgan fingerprint density at radius 2 is 0.734 bits per heavy atom. The van der Waals surface area contributed by atoms with Crippen LogP contribution in [0, 0.1) is 0 Å². The minimum atomic E-state index is -0.476. The first-order valence-electron chi connectivity index (χ1n) is 21.9. The summed E-state index contributed by atoms with van der Waals surface area (Å²) in [5, 5.41) is 4.49. The lowest BCUT2D eigenvalue weighted by Crippen LogP contribution is -2.28. The molecule has 0 amide bonds. The van der Waals surface area contributed by atoms with E-state index in [4.69, 9.17) is 8.83 Å². The van der Waals surface area contributed by atoms with E-state index >= 15 is 0 Å². The van der Waals surface area contributed by atoms with Crippen molar-refractivity contribution in [3.05, 3.63) is 259 Å². The van der Waals surface area contributed by atoms with Gasteiger partial charge in [-0.05, 0) is 128 Å². The summed E-state index contributed by atoms with van der Waals surface area (Å²) in [6.07, 6.45) is 0. The fraction of sp³-hybridized carbons (Fsp3) is 0.0164. The van der Waals surface area contributed by atoms with Gasteiger partial charge in [-0.1, -0.05) is 164 Å². The summed E-state index contributed by atoms with van der Waals surface area (Å²) in [5.74, 6) is 0. The lowest BCUT2D eigenvalue weighted by Gasteiger charge is -2.34. The normalized spacial score (nSPS) is 12.8. The van der Waals surface area contributed by atoms with Crippen LogP contribution in [-0.4, -0.2) is 0 Å². The average molecular weight is 818 g/mol. The Labute approximate surface area is 370 Å². The van der Waals surface area contributed by atoms with Gasteiger partial charge in [0.05, 0.1) is 5.41 Å². The average Bonchev–Trinajstić information content (AvgIpc) is 4.03. The molecule has 0 unspecified atom stereocenters. The lowest BCUT2D eigenvalue weighted by atomic mass is 9.68. The number of benzene rings is 10. The van der Waals surface area contributed by atoms with Gasteiger partial charge in [0.2, 0.25) is 0 Å². The second-order valence-corrected chi connectivity index (χ2v) is 16.8. The van der Waals surface area contributed by atoms with Gasteiger partial charge in [-0.2, -0.15) is 0 Å². The minimum Gasteiger partial charge on any atom is -0.456 e. The molecule has 2 aromatic heterocycles. The Morgan fingerprint density at radius 3 is 1.34 bits per heavy atom. The maximum Gasteiger partial charge on any atom is 0.135 e. The molecule has 0 bridgehead atoms. The Morgan fingerprint density at radius 1 is 0.281 bits per heavy atom. The summed E-state index contributed by atoms with van der Waals surface area (Å²) in [4.78, 5) is 2.38. The molecular formula is C61H39NO2. The van der Waals surface area contributed by atoms with Crippen LogP contribution in [0.4, 0.5) is 17.1 Å². The van der Waals surface area contributed by atoms with Crippen LogP contribution in [0.15, 0.2) is 245 Å². The van der Waals surface area contributed by atoms with Crippen molar-refractivity contribution in [3.63, 3.8) is 0 Å². The maximum absolute atomic E-state index is 6.21. The highest BCUT2D eigenvalue weighted by atomic mass is 16.3. The summed E-state index contributed by atoms with van der Waals surface area (Å²) in [7, 11) is 0. The Kier molecular flexibility index (Phi) is 8.13. The molecular weight excluding hydrogens is 779 g/mol. The number of rotatable bonds is 7. The number of hydrogen-bond acceptors (Lipinski definition) is 3. The molecule has 0 fully saturated rings. The van der Waals surface area contributed by atoms with Gasteiger partial charge in [0, 0.05) is 38.6 Å². The highest BCUT2D eigenvalue weighted by Gasteiger charge is 2.45. The van der Waals surface area contributed by atoms with Crippen LogP contribution in [0.1, 0.15) is 22.3 Å². The molecule has 0 spiro atoms. The van der Waals surface area contributed by atoms with Crippen LogP contribution in [-0.2, 0) is 5.41 Å². The van der Waals surface area contributed by atoms with E-state index in [-0.39, 0.29) is 0 Å². The topological polar surface area (TPSA) is 29.5 Å². The molecule has 0 aliphatic heterocycles. The number of fused-ring (bicyclic) bond motifs is 9. The zero-order valence-corrected chi connectivity index (χ0v) is 34.8. The molecule has 10 aromatic carbocycles. The van der Waals surface area contributed by atoms with Crippen molar-refractivity contribution >= 4 is 60.9 Å². The van der Waals surface area contributed by atoms with Gasteiger partial charge in [0.15, 0.2) is 0 Å². The zero-order valence-electron chi connectivity index (χ0n) is 34.8. The molecule has 13 rings (SSSR count). The SMILES string of the molecule is c1ccc(C2(c3ccc(N(c4ccc(-c5ccc6oc7ccccc7c6c5)cc4)c4cccc(-c5ccc6oc7ccccc7c6c5)c4)cc3)c3ccccc3-c3ccccc32)cc1. The summed E-state index contributed by atoms with van der Waals surface area (Å²) in [5.41, 5.74) is 18.5. The van der Waals surface area contributed by atoms with E-state index < -0.39 is 5.41 Å². The second kappa shape index (κ2) is 14.3. The fourth-order valence-electron chi connectivity index (χ4n) is 10.5. The van der Waals surface area contributed by atoms with Gasteiger partial charge in [-0.25, -0.2) is 0 Å². The quantitative estimate of drug-likeness (QED) is 0.160. The van der Waals surface area contributed by atoms with E-state index in [0.717, 1.165) is 83.2 Å². The van der Waals surface area contributed by atoms with Crippen molar-refractivity contribution < 1.29 is 8.83 Å². The van der Waals surface area contributed by atoms with Crippen molar-refractivity contribution in [3.8, 4) is 33.4 Å². The highest BCUT2D eigenvalue weighted by molar-refractivity contribution is 6.07. The predicted molar refractivity (Wildman–Crippen MR) is 264 cm³/mol. The van der Waals surface area contributed by atoms with E-state index in [1.807, 2.05) is 24.3 Å². The molecule has 64 heavy (non-hydrogen) atoms. The zero-order chi connectivity index (χ0) is 42.2. The van der Waals surface area contributed by atoms with Crippen molar-refractivity contribution in [2.75, 3.05) is 4.90 Å².